The molecule has 4 rings (SSSR count). The molecule has 9 nitrogen and oxygen atoms in total. The number of ether oxygens (including phenoxy) is 1. The third kappa shape index (κ3) is 2.19. The number of para-hydroxylation sites is 1. The maximum absolute atomic E-state index is 14.9. The van der Waals surface area contributed by atoms with Gasteiger partial charge in [-0.3, -0.25) is 15.2 Å². The van der Waals surface area contributed by atoms with Gasteiger partial charge in [0.05, 0.1) is 30.4 Å². The summed E-state index contributed by atoms with van der Waals surface area (Å²) in [5.41, 5.74) is -1.13. The second-order valence-electron chi connectivity index (χ2n) is 5.95. The number of nitrogens with zero attached hydrogens (tertiary/aromatic N) is 3. The van der Waals surface area contributed by atoms with Crippen LogP contribution in [0, 0.1) is 10.1 Å². The van der Waals surface area contributed by atoms with Crippen LogP contribution in [0.1, 0.15) is 17.3 Å². The van der Waals surface area contributed by atoms with Crippen molar-refractivity contribution in [2.75, 3.05) is 13.2 Å². The fourth-order valence-corrected chi connectivity index (χ4v) is 5.33. The summed E-state index contributed by atoms with van der Waals surface area (Å²) in [4.78, 5) is 9.73. The van der Waals surface area contributed by atoms with E-state index in [0.717, 1.165) is 18.3 Å². The summed E-state index contributed by atoms with van der Waals surface area (Å²) in [6.45, 7) is -0.694. The van der Waals surface area contributed by atoms with E-state index in [-0.39, 0.29) is 12.2 Å². The van der Waals surface area contributed by atoms with E-state index in [1.165, 1.54) is 12.1 Å². The number of morpholine rings is 1. The molecule has 0 radical (unpaired) electrons. The SMILES string of the molecule is O=[N+]([O-])c1ccccc1S(=O)(=O)N1C2COCC1C(F)(F)c1[nH]ncc12. The Morgan fingerprint density at radius 2 is 2.08 bits per heavy atom. The standard InChI is InChI=1S/C14H12F2N4O5S/c15-14(16)12-7-25-6-10(8-5-17-18-13(8)14)19(12)26(23,24)11-4-2-1-3-9(11)20(21)22/h1-5,10,12H,6-7H2,(H,17,18). The van der Waals surface area contributed by atoms with Gasteiger partial charge in [-0.15, -0.1) is 0 Å². The molecule has 2 atom stereocenters. The van der Waals surface area contributed by atoms with Crippen molar-refractivity contribution in [1.29, 1.82) is 0 Å². The number of halogens is 2. The number of aromatic nitrogens is 2. The van der Waals surface area contributed by atoms with Crippen molar-refractivity contribution < 1.29 is 26.9 Å². The van der Waals surface area contributed by atoms with Gasteiger partial charge in [-0.05, 0) is 6.07 Å². The number of alkyl halides is 2. The summed E-state index contributed by atoms with van der Waals surface area (Å²) in [5.74, 6) is -3.58. The van der Waals surface area contributed by atoms with Gasteiger partial charge in [0.15, 0.2) is 4.90 Å². The second kappa shape index (κ2) is 5.53. The Balaban J connectivity index is 1.92. The van der Waals surface area contributed by atoms with Crippen LogP contribution in [-0.2, 0) is 20.7 Å². The second-order valence-corrected chi connectivity index (χ2v) is 7.76. The molecule has 0 amide bonds. The summed E-state index contributed by atoms with van der Waals surface area (Å²) >= 11 is 0. The van der Waals surface area contributed by atoms with Gasteiger partial charge >= 0.3 is 5.92 Å². The Kier molecular flexibility index (Phi) is 3.61. The molecule has 2 aliphatic rings. The topological polar surface area (TPSA) is 118 Å². The zero-order chi connectivity index (χ0) is 18.7. The van der Waals surface area contributed by atoms with Gasteiger partial charge in [0.25, 0.3) is 15.7 Å². The highest BCUT2D eigenvalue weighted by Crippen LogP contribution is 2.50. The maximum atomic E-state index is 14.9. The van der Waals surface area contributed by atoms with Crippen molar-refractivity contribution in [2.24, 2.45) is 0 Å². The van der Waals surface area contributed by atoms with Crippen LogP contribution in [0.15, 0.2) is 35.4 Å². The van der Waals surface area contributed by atoms with Gasteiger partial charge in [0.2, 0.25) is 0 Å². The lowest BCUT2D eigenvalue weighted by Gasteiger charge is -2.46. The van der Waals surface area contributed by atoms with Gasteiger partial charge in [0.1, 0.15) is 11.7 Å². The molecule has 1 fully saturated rings. The lowest BCUT2D eigenvalue weighted by molar-refractivity contribution is -0.387. The molecule has 0 spiro atoms. The zero-order valence-electron chi connectivity index (χ0n) is 13.0. The Morgan fingerprint density at radius 1 is 1.35 bits per heavy atom. The van der Waals surface area contributed by atoms with E-state index >= 15 is 0 Å². The molecular weight excluding hydrogens is 374 g/mol. The van der Waals surface area contributed by atoms with Crippen molar-refractivity contribution in [3.05, 3.63) is 51.8 Å². The van der Waals surface area contributed by atoms with Crippen molar-refractivity contribution >= 4 is 15.7 Å². The number of nitro benzene ring substituents is 1. The number of rotatable bonds is 3. The maximum Gasteiger partial charge on any atom is 0.307 e. The van der Waals surface area contributed by atoms with Crippen molar-refractivity contribution in [1.82, 2.24) is 14.5 Å². The number of benzene rings is 1. The van der Waals surface area contributed by atoms with E-state index < -0.39 is 55.8 Å². The zero-order valence-corrected chi connectivity index (χ0v) is 13.8. The monoisotopic (exact) mass is 386 g/mol. The Labute approximate surface area is 145 Å². The number of hydrogen-bond donors (Lipinski definition) is 1. The highest BCUT2D eigenvalue weighted by molar-refractivity contribution is 7.89. The summed E-state index contributed by atoms with van der Waals surface area (Å²) in [5, 5.41) is 17.1. The van der Waals surface area contributed by atoms with E-state index in [1.54, 1.807) is 0 Å². The van der Waals surface area contributed by atoms with Gasteiger partial charge in [-0.1, -0.05) is 12.1 Å². The van der Waals surface area contributed by atoms with E-state index in [1.807, 2.05) is 0 Å². The number of aromatic amines is 1. The quantitative estimate of drug-likeness (QED) is 0.632. The van der Waals surface area contributed by atoms with E-state index in [2.05, 4.69) is 10.2 Å². The van der Waals surface area contributed by atoms with Crippen LogP contribution >= 0.6 is 0 Å². The first-order chi connectivity index (χ1) is 12.3. The summed E-state index contributed by atoms with van der Waals surface area (Å²) in [6.07, 6.45) is 1.13. The van der Waals surface area contributed by atoms with E-state index in [4.69, 9.17) is 4.74 Å². The number of hydrogen-bond acceptors (Lipinski definition) is 6. The molecule has 2 unspecified atom stereocenters. The Bertz CT molecular complexity index is 993. The van der Waals surface area contributed by atoms with Crippen LogP contribution in [-0.4, -0.2) is 47.1 Å². The Morgan fingerprint density at radius 3 is 2.81 bits per heavy atom. The molecule has 3 heterocycles. The van der Waals surface area contributed by atoms with Gasteiger partial charge in [-0.2, -0.15) is 18.2 Å². The first-order valence-corrected chi connectivity index (χ1v) is 8.96. The van der Waals surface area contributed by atoms with Crippen molar-refractivity contribution in [2.45, 2.75) is 22.9 Å². The predicted molar refractivity (Wildman–Crippen MR) is 82.0 cm³/mol. The minimum Gasteiger partial charge on any atom is -0.378 e. The average molecular weight is 386 g/mol. The molecule has 2 aromatic rings. The fourth-order valence-electron chi connectivity index (χ4n) is 3.40. The van der Waals surface area contributed by atoms with Crippen LogP contribution in [0.4, 0.5) is 14.5 Å². The average Bonchev–Trinajstić information content (AvgIpc) is 3.11. The summed E-state index contributed by atoms with van der Waals surface area (Å²) in [6, 6.07) is 1.78. The minimum atomic E-state index is -4.60. The number of sulfonamides is 1. The molecule has 1 aromatic heterocycles. The molecule has 1 aromatic carbocycles. The third-order valence-electron chi connectivity index (χ3n) is 4.56. The fraction of sp³-hybridized carbons (Fsp3) is 0.357. The van der Waals surface area contributed by atoms with E-state index in [9.17, 15) is 27.3 Å². The first-order valence-electron chi connectivity index (χ1n) is 7.52. The minimum absolute atomic E-state index is 0.00638. The molecule has 138 valence electrons. The number of nitro groups is 1. The molecule has 1 saturated heterocycles. The van der Waals surface area contributed by atoms with Crippen LogP contribution in [0.5, 0.6) is 0 Å². The van der Waals surface area contributed by atoms with Crippen molar-refractivity contribution in [3.63, 3.8) is 0 Å². The normalized spacial score (nSPS) is 24.8. The molecule has 0 saturated carbocycles. The summed E-state index contributed by atoms with van der Waals surface area (Å²) < 4.78 is 61.8. The van der Waals surface area contributed by atoms with Crippen LogP contribution < -0.4 is 0 Å². The molecular formula is C14H12F2N4O5S. The van der Waals surface area contributed by atoms with Crippen LogP contribution in [0.25, 0.3) is 0 Å². The molecule has 2 bridgehead atoms. The van der Waals surface area contributed by atoms with Crippen LogP contribution in [0.3, 0.4) is 0 Å². The highest BCUT2D eigenvalue weighted by atomic mass is 32.2. The molecule has 1 N–H and O–H groups in total. The lowest BCUT2D eigenvalue weighted by atomic mass is 9.92. The van der Waals surface area contributed by atoms with Gasteiger partial charge in [-0.25, -0.2) is 8.42 Å². The Hall–Kier alpha value is -2.44. The molecule has 12 heteroatoms. The number of nitrogens with one attached hydrogen (secondary N) is 1. The first kappa shape index (κ1) is 17.0. The third-order valence-corrected chi connectivity index (χ3v) is 6.53. The molecule has 0 aliphatic carbocycles. The highest BCUT2D eigenvalue weighted by Gasteiger charge is 2.60. The largest absolute Gasteiger partial charge is 0.378 e. The van der Waals surface area contributed by atoms with E-state index in [0.29, 0.717) is 4.31 Å². The van der Waals surface area contributed by atoms with Gasteiger partial charge < -0.3 is 4.74 Å². The lowest BCUT2D eigenvalue weighted by Crippen LogP contribution is -2.60. The smallest absolute Gasteiger partial charge is 0.307 e. The number of H-pyrrole nitrogens is 1. The van der Waals surface area contributed by atoms with Gasteiger partial charge in [0, 0.05) is 11.6 Å². The van der Waals surface area contributed by atoms with Crippen molar-refractivity contribution in [3.8, 4) is 0 Å². The number of fused-ring (bicyclic) bond motifs is 4. The molecule has 26 heavy (non-hydrogen) atoms. The summed E-state index contributed by atoms with van der Waals surface area (Å²) in [7, 11) is -4.60. The predicted octanol–water partition coefficient (Wildman–Crippen LogP) is 1.55. The van der Waals surface area contributed by atoms with Crippen LogP contribution in [0.2, 0.25) is 0 Å². The molecule has 2 aliphatic heterocycles.